The molecule has 3 N–H and O–H groups in total. The van der Waals surface area contributed by atoms with E-state index in [2.05, 4.69) is 20.2 Å². The molecule has 0 aliphatic carbocycles. The highest BCUT2D eigenvalue weighted by Gasteiger charge is 2.29. The van der Waals surface area contributed by atoms with E-state index in [0.29, 0.717) is 5.56 Å². The Bertz CT molecular complexity index is 1290. The summed E-state index contributed by atoms with van der Waals surface area (Å²) in [6.45, 7) is 2.71. The maximum Gasteiger partial charge on any atom is 0.430 e. The fourth-order valence-corrected chi connectivity index (χ4v) is 3.58. The van der Waals surface area contributed by atoms with Crippen molar-refractivity contribution < 1.29 is 37.2 Å². The number of fused-ring (bicyclic) bond motifs is 1. The van der Waals surface area contributed by atoms with Gasteiger partial charge >= 0.3 is 6.18 Å². The molecule has 12 heteroatoms. The van der Waals surface area contributed by atoms with E-state index in [0.717, 1.165) is 42.3 Å². The summed E-state index contributed by atoms with van der Waals surface area (Å²) in [7, 11) is 0. The number of aliphatic carboxylic acids is 1. The van der Waals surface area contributed by atoms with E-state index in [-0.39, 0.29) is 23.3 Å². The Morgan fingerprint density at radius 2 is 1.78 bits per heavy atom. The van der Waals surface area contributed by atoms with Crippen LogP contribution in [0.25, 0.3) is 0 Å². The largest absolute Gasteiger partial charge is 0.542 e. The van der Waals surface area contributed by atoms with Crippen LogP contribution in [0.4, 0.5) is 29.1 Å². The number of H-pyrrole nitrogens is 2. The van der Waals surface area contributed by atoms with Gasteiger partial charge in [-0.25, -0.2) is 9.37 Å². The highest BCUT2D eigenvalue weighted by Crippen LogP contribution is 2.30. The second-order valence-corrected chi connectivity index (χ2v) is 7.92. The number of nitrogens with zero attached hydrogens (tertiary/aromatic N) is 1. The van der Waals surface area contributed by atoms with Crippen molar-refractivity contribution in [2.45, 2.75) is 32.0 Å². The van der Waals surface area contributed by atoms with Crippen LogP contribution < -0.4 is 25.9 Å². The van der Waals surface area contributed by atoms with E-state index in [1.807, 2.05) is 25.1 Å². The van der Waals surface area contributed by atoms with Crippen LogP contribution >= 0.6 is 0 Å². The zero-order chi connectivity index (χ0) is 26.5. The molecule has 1 atom stereocenters. The van der Waals surface area contributed by atoms with Crippen molar-refractivity contribution in [1.29, 1.82) is 0 Å². The fourth-order valence-electron chi connectivity index (χ4n) is 3.58. The Morgan fingerprint density at radius 1 is 1.11 bits per heavy atom. The number of aromatic amines is 2. The number of rotatable bonds is 4. The van der Waals surface area contributed by atoms with Gasteiger partial charge in [0, 0.05) is 30.7 Å². The summed E-state index contributed by atoms with van der Waals surface area (Å²) in [6.07, 6.45) is -3.37. The number of carboxylic acid groups (broad SMARTS) is 1. The molecule has 1 aliphatic heterocycles. The maximum absolute atomic E-state index is 13.1. The lowest BCUT2D eigenvalue weighted by Crippen LogP contribution is -2.37. The maximum atomic E-state index is 13.1. The van der Waals surface area contributed by atoms with Crippen molar-refractivity contribution in [3.8, 4) is 0 Å². The minimum Gasteiger partial charge on any atom is -0.542 e. The first kappa shape index (κ1) is 26.4. The predicted octanol–water partition coefficient (Wildman–Crippen LogP) is 2.20. The van der Waals surface area contributed by atoms with Crippen LogP contribution in [0.3, 0.4) is 0 Å². The van der Waals surface area contributed by atoms with Crippen molar-refractivity contribution in [3.05, 3.63) is 87.7 Å². The lowest BCUT2D eigenvalue weighted by atomic mass is 10.1. The van der Waals surface area contributed by atoms with E-state index in [1.54, 1.807) is 6.07 Å². The molecule has 0 fully saturated rings. The molecule has 0 saturated heterocycles. The molecule has 36 heavy (non-hydrogen) atoms. The highest BCUT2D eigenvalue weighted by molar-refractivity contribution is 5.94. The zero-order valence-corrected chi connectivity index (χ0v) is 19.0. The Labute approximate surface area is 202 Å². The summed E-state index contributed by atoms with van der Waals surface area (Å²) in [5.41, 5.74) is 3.23. The van der Waals surface area contributed by atoms with Gasteiger partial charge in [-0.1, -0.05) is 6.07 Å². The van der Waals surface area contributed by atoms with Gasteiger partial charge in [0.2, 0.25) is 16.9 Å². The van der Waals surface area contributed by atoms with Crippen molar-refractivity contribution in [2.24, 2.45) is 0 Å². The number of aromatic nitrogens is 2. The van der Waals surface area contributed by atoms with Crippen LogP contribution in [0.1, 0.15) is 41.1 Å². The lowest BCUT2D eigenvalue weighted by Gasteiger charge is -2.28. The zero-order valence-electron chi connectivity index (χ0n) is 19.0. The first-order chi connectivity index (χ1) is 17.0. The average molecular weight is 506 g/mol. The van der Waals surface area contributed by atoms with Gasteiger partial charge in [-0.3, -0.25) is 9.59 Å². The molecule has 8 nitrogen and oxygen atoms in total. The number of amides is 1. The summed E-state index contributed by atoms with van der Waals surface area (Å²) < 4.78 is 44.6. The number of halogens is 4. The molecule has 2 aromatic heterocycles. The van der Waals surface area contributed by atoms with Gasteiger partial charge in [0.1, 0.15) is 29.3 Å². The van der Waals surface area contributed by atoms with Crippen molar-refractivity contribution in [1.82, 2.24) is 10.3 Å². The van der Waals surface area contributed by atoms with Gasteiger partial charge in [0.25, 0.3) is 5.91 Å². The van der Waals surface area contributed by atoms with Gasteiger partial charge < -0.3 is 25.1 Å². The second kappa shape index (κ2) is 11.0. The quantitative estimate of drug-likeness (QED) is 0.526. The first-order valence-corrected chi connectivity index (χ1v) is 10.8. The number of nitrogens with one attached hydrogen (secondary N) is 3. The third-order valence-electron chi connectivity index (χ3n) is 5.32. The molecule has 3 aromatic rings. The number of pyridine rings is 2. The molecule has 1 amide bonds. The predicted molar refractivity (Wildman–Crippen MR) is 119 cm³/mol. The number of hydrogen-bond donors (Lipinski definition) is 2. The Kier molecular flexibility index (Phi) is 8.07. The summed E-state index contributed by atoms with van der Waals surface area (Å²) in [5, 5.41) is 11.7. The Hall–Kier alpha value is -4.22. The molecule has 1 aliphatic rings. The summed E-state index contributed by atoms with van der Waals surface area (Å²) in [4.78, 5) is 41.3. The third-order valence-corrected chi connectivity index (χ3v) is 5.32. The first-order valence-electron chi connectivity index (χ1n) is 10.8. The van der Waals surface area contributed by atoms with E-state index in [9.17, 15) is 27.2 Å². The molecule has 0 unspecified atom stereocenters. The normalized spacial score (nSPS) is 13.6. The SMILES string of the molecule is C[C@H](NC(=O)c1ccc(F)cc1)c1ccc2c([nH+]1)CCCN2c1cccc(=O)[nH]1.O=C([O-])C(F)(F)F. The number of hydrogen-bond acceptors (Lipinski definition) is 5. The number of anilines is 2. The van der Waals surface area contributed by atoms with Crippen molar-refractivity contribution in [2.75, 3.05) is 11.4 Å². The van der Waals surface area contributed by atoms with Crippen molar-refractivity contribution >= 4 is 23.4 Å². The van der Waals surface area contributed by atoms with Gasteiger partial charge in [0.05, 0.1) is 0 Å². The number of aryl methyl sites for hydroxylation is 1. The summed E-state index contributed by atoms with van der Waals surface area (Å²) in [5.74, 6) is -2.88. The number of alkyl halides is 3. The standard InChI is InChI=1S/C22H21FN4O2.C2HF3O2/c1-14(24-22(29)15-7-9-16(23)10-8-15)17-11-12-19-18(25-17)4-3-13-27(19)20-5-2-6-21(28)26-20;3-2(4,5)1(6)7/h2,5-12,14H,3-4,13H2,1H3,(H,24,29)(H,26,28);(H,6,7)/t14-;/m0./s1. The molecular weight excluding hydrogens is 484 g/mol. The minimum atomic E-state index is -5.19. The van der Waals surface area contributed by atoms with Crippen LogP contribution in [-0.4, -0.2) is 29.6 Å². The van der Waals surface area contributed by atoms with Crippen LogP contribution in [0, 0.1) is 5.82 Å². The average Bonchev–Trinajstić information content (AvgIpc) is 2.83. The van der Waals surface area contributed by atoms with Crippen LogP contribution in [0.5, 0.6) is 0 Å². The Morgan fingerprint density at radius 3 is 2.39 bits per heavy atom. The molecule has 0 radical (unpaired) electrons. The van der Waals surface area contributed by atoms with Gasteiger partial charge in [-0.15, -0.1) is 0 Å². The molecule has 4 rings (SSSR count). The molecule has 190 valence electrons. The highest BCUT2D eigenvalue weighted by atomic mass is 19.4. The van der Waals surface area contributed by atoms with Gasteiger partial charge in [-0.05, 0) is 49.7 Å². The van der Waals surface area contributed by atoms with E-state index in [1.165, 1.54) is 30.3 Å². The van der Waals surface area contributed by atoms with E-state index < -0.39 is 12.1 Å². The number of carbonyl (C=O) groups excluding carboxylic acids is 2. The monoisotopic (exact) mass is 506 g/mol. The second-order valence-electron chi connectivity index (χ2n) is 7.92. The van der Waals surface area contributed by atoms with E-state index in [4.69, 9.17) is 9.90 Å². The molecule has 0 saturated carbocycles. The third kappa shape index (κ3) is 6.68. The topological polar surface area (TPSA) is 119 Å². The minimum absolute atomic E-state index is 0.132. The van der Waals surface area contributed by atoms with Gasteiger partial charge in [0.15, 0.2) is 0 Å². The Balaban J connectivity index is 0.000000454. The lowest BCUT2D eigenvalue weighted by molar-refractivity contribution is -0.404. The fraction of sp³-hybridized carbons (Fsp3) is 0.250. The van der Waals surface area contributed by atoms with Crippen LogP contribution in [0.15, 0.2) is 59.4 Å². The number of carboxylic acids is 1. The summed E-state index contributed by atoms with van der Waals surface area (Å²) >= 11 is 0. The number of carbonyl (C=O) groups is 2. The molecular formula is C24H22F4N4O4. The molecule has 1 aromatic carbocycles. The van der Waals surface area contributed by atoms with E-state index >= 15 is 0 Å². The molecule has 3 heterocycles. The van der Waals surface area contributed by atoms with Crippen molar-refractivity contribution in [3.63, 3.8) is 0 Å². The van der Waals surface area contributed by atoms with Crippen LogP contribution in [-0.2, 0) is 11.2 Å². The van der Waals surface area contributed by atoms with Gasteiger partial charge in [-0.2, -0.15) is 13.2 Å². The van der Waals surface area contributed by atoms with Crippen LogP contribution in [0.2, 0.25) is 0 Å². The smallest absolute Gasteiger partial charge is 0.430 e. The number of benzene rings is 1. The summed E-state index contributed by atoms with van der Waals surface area (Å²) in [6, 6.07) is 14.3. The molecule has 0 spiro atoms. The molecule has 0 bridgehead atoms.